The Balaban J connectivity index is 2.18. The van der Waals surface area contributed by atoms with Crippen LogP contribution < -0.4 is 10.1 Å². The molecule has 0 spiro atoms. The van der Waals surface area contributed by atoms with E-state index in [1.54, 1.807) is 18.2 Å². The Morgan fingerprint density at radius 3 is 2.86 bits per heavy atom. The predicted octanol–water partition coefficient (Wildman–Crippen LogP) is 0.673. The molecule has 0 radical (unpaired) electrons. The number of aliphatic carboxylic acids is 1. The molecule has 21 heavy (non-hydrogen) atoms. The van der Waals surface area contributed by atoms with Gasteiger partial charge < -0.3 is 15.2 Å². The van der Waals surface area contributed by atoms with Gasteiger partial charge in [-0.2, -0.15) is 8.78 Å². The summed E-state index contributed by atoms with van der Waals surface area (Å²) in [7, 11) is 0. The molecule has 0 aliphatic carbocycles. The summed E-state index contributed by atoms with van der Waals surface area (Å²) in [5.41, 5.74) is 0.402. The lowest BCUT2D eigenvalue weighted by atomic mass is 10.1. The first-order chi connectivity index (χ1) is 9.97. The molecule has 1 aromatic carbocycles. The molecule has 1 aliphatic rings. The average Bonchev–Trinajstić information content (AvgIpc) is 2.40. The van der Waals surface area contributed by atoms with Crippen molar-refractivity contribution >= 4 is 11.9 Å². The van der Waals surface area contributed by atoms with Gasteiger partial charge in [0.1, 0.15) is 11.8 Å². The Morgan fingerprint density at radius 2 is 2.19 bits per heavy atom. The number of alkyl halides is 2. The molecule has 1 unspecified atom stereocenters. The number of hydrogen-bond acceptors (Lipinski definition) is 4. The van der Waals surface area contributed by atoms with Crippen LogP contribution in [-0.2, 0) is 16.1 Å². The highest BCUT2D eigenvalue weighted by atomic mass is 19.3. The number of halogens is 2. The number of para-hydroxylation sites is 1. The lowest BCUT2D eigenvalue weighted by Gasteiger charge is -2.32. The van der Waals surface area contributed by atoms with Crippen LogP contribution in [0.1, 0.15) is 5.56 Å². The van der Waals surface area contributed by atoms with Crippen molar-refractivity contribution in [3.8, 4) is 5.75 Å². The first-order valence-corrected chi connectivity index (χ1v) is 6.23. The predicted molar refractivity (Wildman–Crippen MR) is 67.9 cm³/mol. The monoisotopic (exact) mass is 300 g/mol. The van der Waals surface area contributed by atoms with Gasteiger partial charge in [-0.25, -0.2) is 0 Å². The highest BCUT2D eigenvalue weighted by Crippen LogP contribution is 2.23. The number of nitrogens with zero attached hydrogens (tertiary/aromatic N) is 1. The van der Waals surface area contributed by atoms with Crippen molar-refractivity contribution in [2.24, 2.45) is 0 Å². The molecule has 1 heterocycles. The number of carboxylic acid groups (broad SMARTS) is 1. The Morgan fingerprint density at radius 1 is 1.48 bits per heavy atom. The smallest absolute Gasteiger partial charge is 0.387 e. The topological polar surface area (TPSA) is 78.9 Å². The van der Waals surface area contributed by atoms with Crippen LogP contribution in [0.3, 0.4) is 0 Å². The largest absolute Gasteiger partial charge is 0.480 e. The normalized spacial score (nSPS) is 19.4. The fourth-order valence-electron chi connectivity index (χ4n) is 2.16. The van der Waals surface area contributed by atoms with E-state index in [-0.39, 0.29) is 31.3 Å². The van der Waals surface area contributed by atoms with Crippen molar-refractivity contribution in [3.63, 3.8) is 0 Å². The summed E-state index contributed by atoms with van der Waals surface area (Å²) in [4.78, 5) is 24.0. The fourth-order valence-corrected chi connectivity index (χ4v) is 2.16. The van der Waals surface area contributed by atoms with E-state index < -0.39 is 18.6 Å². The van der Waals surface area contributed by atoms with E-state index in [9.17, 15) is 18.4 Å². The van der Waals surface area contributed by atoms with Crippen LogP contribution in [0.2, 0.25) is 0 Å². The maximum absolute atomic E-state index is 12.4. The van der Waals surface area contributed by atoms with E-state index in [1.165, 1.54) is 11.0 Å². The number of ether oxygens (including phenoxy) is 1. The molecule has 0 aromatic heterocycles. The van der Waals surface area contributed by atoms with Crippen molar-refractivity contribution in [1.29, 1.82) is 0 Å². The summed E-state index contributed by atoms with van der Waals surface area (Å²) in [5, 5.41) is 11.6. The van der Waals surface area contributed by atoms with Crippen LogP contribution in [0, 0.1) is 0 Å². The zero-order chi connectivity index (χ0) is 15.4. The minimum Gasteiger partial charge on any atom is -0.480 e. The molecule has 8 heteroatoms. The lowest BCUT2D eigenvalue weighted by Crippen LogP contribution is -2.56. The second kappa shape index (κ2) is 6.49. The van der Waals surface area contributed by atoms with Gasteiger partial charge in [-0.05, 0) is 6.07 Å². The minimum absolute atomic E-state index is 0.0218. The fraction of sp³-hybridized carbons (Fsp3) is 0.385. The summed E-state index contributed by atoms with van der Waals surface area (Å²) in [6.07, 6.45) is 0. The van der Waals surface area contributed by atoms with E-state index in [0.29, 0.717) is 5.56 Å². The first-order valence-electron chi connectivity index (χ1n) is 6.23. The summed E-state index contributed by atoms with van der Waals surface area (Å²) in [6.45, 7) is -3.06. The molecule has 6 nitrogen and oxygen atoms in total. The van der Waals surface area contributed by atoms with Crippen LogP contribution in [0.25, 0.3) is 0 Å². The number of carbonyl (C=O) groups is 2. The van der Waals surface area contributed by atoms with E-state index in [0.717, 1.165) is 0 Å². The summed E-state index contributed by atoms with van der Waals surface area (Å²) < 4.78 is 29.1. The van der Waals surface area contributed by atoms with Crippen LogP contribution in [-0.4, -0.2) is 47.6 Å². The van der Waals surface area contributed by atoms with Crippen LogP contribution in [0.15, 0.2) is 24.3 Å². The molecular formula is C13H14F2N2O4. The van der Waals surface area contributed by atoms with Gasteiger partial charge in [-0.3, -0.25) is 14.5 Å². The number of carboxylic acids is 1. The minimum atomic E-state index is -2.97. The van der Waals surface area contributed by atoms with E-state index in [2.05, 4.69) is 10.1 Å². The van der Waals surface area contributed by atoms with Gasteiger partial charge in [-0.15, -0.1) is 0 Å². The standard InChI is InChI=1S/C13H14F2N2O4/c14-13(15)21-10-4-2-1-3-8(10)6-17-7-11(18)16-5-9(17)12(19)20/h1-4,9,13H,5-7H2,(H,16,18)(H,19,20). The molecule has 1 fully saturated rings. The molecule has 1 saturated heterocycles. The van der Waals surface area contributed by atoms with Gasteiger partial charge in [0.15, 0.2) is 0 Å². The van der Waals surface area contributed by atoms with Gasteiger partial charge in [0.25, 0.3) is 0 Å². The van der Waals surface area contributed by atoms with Crippen molar-refractivity contribution in [2.45, 2.75) is 19.2 Å². The third-order valence-corrected chi connectivity index (χ3v) is 3.13. The SMILES string of the molecule is O=C1CN(Cc2ccccc2OC(F)F)C(C(=O)O)CN1. The second-order valence-corrected chi connectivity index (χ2v) is 4.55. The van der Waals surface area contributed by atoms with Gasteiger partial charge in [0.2, 0.25) is 5.91 Å². The molecule has 0 saturated carbocycles. The summed E-state index contributed by atoms with van der Waals surface area (Å²) in [5.74, 6) is -1.41. The van der Waals surface area contributed by atoms with Gasteiger partial charge >= 0.3 is 12.6 Å². The Labute approximate surface area is 119 Å². The molecule has 1 atom stereocenters. The maximum atomic E-state index is 12.4. The van der Waals surface area contributed by atoms with Crippen LogP contribution >= 0.6 is 0 Å². The number of amides is 1. The quantitative estimate of drug-likeness (QED) is 0.836. The third kappa shape index (κ3) is 3.88. The van der Waals surface area contributed by atoms with E-state index >= 15 is 0 Å². The summed E-state index contributed by atoms with van der Waals surface area (Å²) in [6, 6.07) is 5.21. The molecule has 1 aliphatic heterocycles. The Hall–Kier alpha value is -2.22. The molecule has 114 valence electrons. The first kappa shape index (κ1) is 15.2. The highest BCUT2D eigenvalue weighted by molar-refractivity contribution is 5.83. The highest BCUT2D eigenvalue weighted by Gasteiger charge is 2.32. The number of nitrogens with one attached hydrogen (secondary N) is 1. The number of piperazine rings is 1. The third-order valence-electron chi connectivity index (χ3n) is 3.13. The van der Waals surface area contributed by atoms with Crippen molar-refractivity contribution in [2.75, 3.05) is 13.1 Å². The van der Waals surface area contributed by atoms with Crippen LogP contribution in [0.5, 0.6) is 5.75 Å². The number of carbonyl (C=O) groups excluding carboxylic acids is 1. The molecule has 2 rings (SSSR count). The van der Waals surface area contributed by atoms with Crippen molar-refractivity contribution in [3.05, 3.63) is 29.8 Å². The van der Waals surface area contributed by atoms with Gasteiger partial charge in [0.05, 0.1) is 6.54 Å². The Kier molecular flexibility index (Phi) is 4.69. The molecule has 0 bridgehead atoms. The lowest BCUT2D eigenvalue weighted by molar-refractivity contribution is -0.146. The number of hydrogen-bond donors (Lipinski definition) is 2. The van der Waals surface area contributed by atoms with Crippen LogP contribution in [0.4, 0.5) is 8.78 Å². The van der Waals surface area contributed by atoms with Crippen molar-refractivity contribution < 1.29 is 28.2 Å². The molecule has 2 N–H and O–H groups in total. The molecular weight excluding hydrogens is 286 g/mol. The average molecular weight is 300 g/mol. The van der Waals surface area contributed by atoms with Crippen molar-refractivity contribution in [1.82, 2.24) is 10.2 Å². The zero-order valence-electron chi connectivity index (χ0n) is 11.0. The van der Waals surface area contributed by atoms with Gasteiger partial charge in [-0.1, -0.05) is 18.2 Å². The summed E-state index contributed by atoms with van der Waals surface area (Å²) >= 11 is 0. The van der Waals surface area contributed by atoms with E-state index in [4.69, 9.17) is 5.11 Å². The maximum Gasteiger partial charge on any atom is 0.387 e. The van der Waals surface area contributed by atoms with Gasteiger partial charge in [0, 0.05) is 18.7 Å². The molecule has 1 aromatic rings. The Bertz CT molecular complexity index is 539. The number of benzene rings is 1. The van der Waals surface area contributed by atoms with E-state index in [1.807, 2.05) is 0 Å². The number of rotatable bonds is 5. The second-order valence-electron chi connectivity index (χ2n) is 4.55. The zero-order valence-corrected chi connectivity index (χ0v) is 11.0. The molecule has 1 amide bonds.